The summed E-state index contributed by atoms with van der Waals surface area (Å²) in [4.78, 5) is 10.9. The van der Waals surface area contributed by atoms with Crippen LogP contribution in [0.5, 0.6) is 0 Å². The van der Waals surface area contributed by atoms with Crippen LogP contribution in [0.4, 0.5) is 13.2 Å². The van der Waals surface area contributed by atoms with Crippen LogP contribution in [0.3, 0.4) is 0 Å². The van der Waals surface area contributed by atoms with Crippen molar-refractivity contribution >= 4 is 0 Å². The van der Waals surface area contributed by atoms with E-state index in [-0.39, 0.29) is 44.9 Å². The van der Waals surface area contributed by atoms with E-state index in [1.807, 2.05) is 13.3 Å². The van der Waals surface area contributed by atoms with Gasteiger partial charge in [-0.15, -0.1) is 13.3 Å². The van der Waals surface area contributed by atoms with E-state index in [1.54, 1.807) is 6.92 Å². The molecule has 0 atom stereocenters. The van der Waals surface area contributed by atoms with Crippen LogP contribution in [0.25, 0.3) is 0 Å². The van der Waals surface area contributed by atoms with Crippen LogP contribution in [0.2, 0.25) is 0 Å². The number of halogens is 3. The van der Waals surface area contributed by atoms with Gasteiger partial charge in [0.15, 0.2) is 5.82 Å². The standard InChI is InChI=1S/C7H7F2.C7H8FN2.C3H4N3.Y/c1-2-3-4-7(9)5-6-8;1-2-3-7-6(8)4-9-5-10-7;1-6-3-4-2-5-6;/h3-6H,1H3;2,4-5H,3H2,1H3;2-3H,1H2;/q3*-1;+3/b6-5+,7-4+;;;. The maximum atomic E-state index is 12.6. The summed E-state index contributed by atoms with van der Waals surface area (Å²) >= 11 is 0. The largest absolute Gasteiger partial charge is 3.00 e. The molecule has 0 aliphatic carbocycles. The molecule has 0 saturated heterocycles. The first kappa shape index (κ1) is 26.4. The van der Waals surface area contributed by atoms with E-state index in [0.29, 0.717) is 12.1 Å². The number of allylic oxidation sites excluding steroid dienone is 5. The minimum atomic E-state index is -0.619. The first-order valence-corrected chi connectivity index (χ1v) is 7.05. The van der Waals surface area contributed by atoms with Crippen LogP contribution in [-0.4, -0.2) is 24.7 Å². The normalized spacial score (nSPS) is 10.6. The SMILES string of the molecule is C[C-]=C/C=C(F)\C=C\F.C[CH-]Cc1ncncc1F.[CH2-]n1cncn1.[Y+3]. The molecule has 0 unspecified atom stereocenters. The van der Waals surface area contributed by atoms with Crippen molar-refractivity contribution in [1.29, 1.82) is 0 Å². The molecule has 9 heteroatoms. The Labute approximate surface area is 177 Å². The summed E-state index contributed by atoms with van der Waals surface area (Å²) in [6, 6.07) is 0. The van der Waals surface area contributed by atoms with Gasteiger partial charge in [0.05, 0.1) is 12.5 Å². The summed E-state index contributed by atoms with van der Waals surface area (Å²) in [5, 5.41) is 3.61. The van der Waals surface area contributed by atoms with Gasteiger partial charge in [-0.3, -0.25) is 6.08 Å². The number of hydrogen-bond donors (Lipinski definition) is 0. The molecule has 0 aliphatic heterocycles. The molecule has 0 bridgehead atoms. The molecule has 2 heterocycles. The van der Waals surface area contributed by atoms with Gasteiger partial charge in [-0.2, -0.15) is 25.1 Å². The minimum Gasteiger partial charge on any atom is -0.390 e. The van der Waals surface area contributed by atoms with Crippen molar-refractivity contribution in [1.82, 2.24) is 24.7 Å². The molecule has 0 N–H and O–H groups in total. The second kappa shape index (κ2) is 18.0. The first-order chi connectivity index (χ1) is 12.0. The molecule has 136 valence electrons. The van der Waals surface area contributed by atoms with Gasteiger partial charge >= 0.3 is 32.7 Å². The van der Waals surface area contributed by atoms with Crippen molar-refractivity contribution in [3.63, 3.8) is 0 Å². The Morgan fingerprint density at radius 1 is 1.38 bits per heavy atom. The molecule has 2 aromatic heterocycles. The molecule has 0 radical (unpaired) electrons. The van der Waals surface area contributed by atoms with Crippen LogP contribution in [0, 0.1) is 25.4 Å². The third-order valence-electron chi connectivity index (χ3n) is 2.24. The Morgan fingerprint density at radius 3 is 2.54 bits per heavy atom. The predicted octanol–water partition coefficient (Wildman–Crippen LogP) is 4.00. The van der Waals surface area contributed by atoms with Gasteiger partial charge in [0, 0.05) is 11.5 Å². The molecule has 2 aromatic rings. The monoisotopic (exact) mass is 439 g/mol. The summed E-state index contributed by atoms with van der Waals surface area (Å²) in [5.41, 5.74) is 0.456. The Bertz CT molecular complexity index is 658. The molecular formula is C17H19F3N5Y. The summed E-state index contributed by atoms with van der Waals surface area (Å²) in [6.45, 7) is 3.49. The van der Waals surface area contributed by atoms with Crippen LogP contribution in [0.15, 0.2) is 55.6 Å². The molecule has 0 saturated carbocycles. The van der Waals surface area contributed by atoms with Crippen molar-refractivity contribution in [3.8, 4) is 0 Å². The minimum absolute atomic E-state index is 0. The Morgan fingerprint density at radius 2 is 2.12 bits per heavy atom. The van der Waals surface area contributed by atoms with E-state index in [1.165, 1.54) is 35.9 Å². The molecule has 0 aliphatic rings. The van der Waals surface area contributed by atoms with Gasteiger partial charge in [0.2, 0.25) is 0 Å². The molecule has 0 aromatic carbocycles. The van der Waals surface area contributed by atoms with Gasteiger partial charge in [0.25, 0.3) is 0 Å². The summed E-state index contributed by atoms with van der Waals surface area (Å²) in [6.07, 6.45) is 13.8. The van der Waals surface area contributed by atoms with Crippen molar-refractivity contribution in [2.45, 2.75) is 20.3 Å². The van der Waals surface area contributed by atoms with Crippen molar-refractivity contribution in [2.24, 2.45) is 0 Å². The van der Waals surface area contributed by atoms with Crippen molar-refractivity contribution in [2.75, 3.05) is 0 Å². The number of nitrogens with zero attached hydrogens (tertiary/aromatic N) is 5. The Kier molecular flexibility index (Phi) is 18.3. The molecule has 0 fully saturated rings. The molecule has 5 nitrogen and oxygen atoms in total. The molecule has 0 amide bonds. The molecular weight excluding hydrogens is 420 g/mol. The van der Waals surface area contributed by atoms with E-state index in [0.717, 1.165) is 12.2 Å². The van der Waals surface area contributed by atoms with Crippen molar-refractivity contribution in [3.05, 3.63) is 86.6 Å². The molecule has 0 spiro atoms. The van der Waals surface area contributed by atoms with E-state index >= 15 is 0 Å². The van der Waals surface area contributed by atoms with Gasteiger partial charge in [-0.05, 0) is 12.4 Å². The summed E-state index contributed by atoms with van der Waals surface area (Å²) < 4.78 is 37.2. The second-order valence-corrected chi connectivity index (χ2v) is 4.16. The van der Waals surface area contributed by atoms with E-state index < -0.39 is 5.83 Å². The van der Waals surface area contributed by atoms with Crippen molar-refractivity contribution < 1.29 is 45.9 Å². The van der Waals surface area contributed by atoms with Gasteiger partial charge in [-0.25, -0.2) is 29.2 Å². The number of hydrogen-bond acceptors (Lipinski definition) is 4. The average molecular weight is 439 g/mol. The maximum Gasteiger partial charge on any atom is 3.00 e. The van der Waals surface area contributed by atoms with E-state index in [2.05, 4.69) is 33.2 Å². The summed E-state index contributed by atoms with van der Waals surface area (Å²) in [5.74, 6) is -0.951. The zero-order valence-electron chi connectivity index (χ0n) is 14.6. The van der Waals surface area contributed by atoms with Crippen LogP contribution < -0.4 is 0 Å². The Hall–Kier alpha value is -1.80. The fourth-order valence-corrected chi connectivity index (χ4v) is 1.19. The Balaban J connectivity index is 0. The quantitative estimate of drug-likeness (QED) is 0.534. The third kappa shape index (κ3) is 14.5. The molecule has 2 rings (SSSR count). The first-order valence-electron chi connectivity index (χ1n) is 7.05. The van der Waals surface area contributed by atoms with Crippen LogP contribution >= 0.6 is 0 Å². The summed E-state index contributed by atoms with van der Waals surface area (Å²) in [7, 11) is 3.42. The molecule has 26 heavy (non-hydrogen) atoms. The number of rotatable bonds is 4. The predicted molar refractivity (Wildman–Crippen MR) is 89.4 cm³/mol. The van der Waals surface area contributed by atoms with E-state index in [4.69, 9.17) is 0 Å². The second-order valence-electron chi connectivity index (χ2n) is 4.16. The zero-order chi connectivity index (χ0) is 18.9. The average Bonchev–Trinajstić information content (AvgIpc) is 3.08. The van der Waals surface area contributed by atoms with Crippen LogP contribution in [0.1, 0.15) is 19.5 Å². The fourth-order valence-electron chi connectivity index (χ4n) is 1.19. The zero-order valence-corrected chi connectivity index (χ0v) is 17.4. The smallest absolute Gasteiger partial charge is 0.390 e. The van der Waals surface area contributed by atoms with E-state index in [9.17, 15) is 13.2 Å². The van der Waals surface area contributed by atoms with Gasteiger partial charge < -0.3 is 16.1 Å². The maximum absolute atomic E-state index is 12.6. The number of aromatic nitrogens is 5. The third-order valence-corrected chi connectivity index (χ3v) is 2.24. The fraction of sp³-hybridized carbons (Fsp3) is 0.176. The van der Waals surface area contributed by atoms with Gasteiger partial charge in [0.1, 0.15) is 12.7 Å². The van der Waals surface area contributed by atoms with Gasteiger partial charge in [-0.1, -0.05) is 0 Å². The van der Waals surface area contributed by atoms with Crippen LogP contribution in [-0.2, 0) is 39.1 Å². The topological polar surface area (TPSA) is 56.5 Å².